The molecule has 5 nitrogen and oxygen atoms in total. The Hall–Kier alpha value is -0.650. The summed E-state index contributed by atoms with van der Waals surface area (Å²) in [5.74, 6) is -0.150. The zero-order valence-electron chi connectivity index (χ0n) is 8.66. The van der Waals surface area contributed by atoms with Crippen LogP contribution in [0.5, 0.6) is 0 Å². The van der Waals surface area contributed by atoms with Gasteiger partial charge in [0.25, 0.3) is 0 Å². The van der Waals surface area contributed by atoms with E-state index in [0.717, 1.165) is 6.42 Å². The predicted molar refractivity (Wildman–Crippen MR) is 53.7 cm³/mol. The van der Waals surface area contributed by atoms with Crippen molar-refractivity contribution in [3.63, 3.8) is 0 Å². The van der Waals surface area contributed by atoms with Gasteiger partial charge in [0.15, 0.2) is 0 Å². The molecule has 0 aliphatic rings. The van der Waals surface area contributed by atoms with E-state index < -0.39 is 0 Å². The molecule has 0 aromatic heterocycles. The number of nitrogens with one attached hydrogen (secondary N) is 1. The molecule has 14 heavy (non-hydrogen) atoms. The van der Waals surface area contributed by atoms with E-state index >= 15 is 0 Å². The van der Waals surface area contributed by atoms with Crippen molar-refractivity contribution in [2.45, 2.75) is 13.3 Å². The highest BCUT2D eigenvalue weighted by Crippen LogP contribution is 1.90. The van der Waals surface area contributed by atoms with Gasteiger partial charge in [0.2, 0.25) is 5.91 Å². The summed E-state index contributed by atoms with van der Waals surface area (Å²) in [6, 6.07) is 0. The first-order valence-corrected chi connectivity index (χ1v) is 4.88. The van der Waals surface area contributed by atoms with Crippen molar-refractivity contribution in [1.29, 1.82) is 0 Å². The zero-order chi connectivity index (χ0) is 10.8. The van der Waals surface area contributed by atoms with E-state index in [-0.39, 0.29) is 18.4 Å². The number of aliphatic hydroxyl groups is 1. The maximum Gasteiger partial charge on any atom is 0.224 e. The summed E-state index contributed by atoms with van der Waals surface area (Å²) in [5.41, 5.74) is 5.33. The molecule has 5 heteroatoms. The van der Waals surface area contributed by atoms with Gasteiger partial charge in [-0.3, -0.25) is 4.79 Å². The molecule has 0 spiro atoms. The molecule has 0 fully saturated rings. The minimum atomic E-state index is -0.131. The molecule has 0 bridgehead atoms. The first kappa shape index (κ1) is 13.4. The molecule has 0 heterocycles. The van der Waals surface area contributed by atoms with Crippen LogP contribution in [0.2, 0.25) is 0 Å². The molecular formula is C9H20N2O3. The molecule has 0 aromatic carbocycles. The van der Waals surface area contributed by atoms with Crippen LogP contribution in [0.15, 0.2) is 0 Å². The maximum atomic E-state index is 11.2. The van der Waals surface area contributed by atoms with Crippen molar-refractivity contribution in [1.82, 2.24) is 5.32 Å². The molecule has 0 radical (unpaired) electrons. The second-order valence-corrected chi connectivity index (χ2v) is 3.12. The lowest BCUT2D eigenvalue weighted by atomic mass is 10.2. The van der Waals surface area contributed by atoms with E-state index in [1.165, 1.54) is 0 Å². The van der Waals surface area contributed by atoms with Crippen LogP contribution in [0.4, 0.5) is 0 Å². The SMILES string of the molecule is CC(CN)C(=O)NCCCOCCO. The molecule has 0 rings (SSSR count). The van der Waals surface area contributed by atoms with E-state index in [1.54, 1.807) is 6.92 Å². The number of hydrogen-bond acceptors (Lipinski definition) is 4. The molecule has 1 atom stereocenters. The number of hydrogen-bond donors (Lipinski definition) is 3. The Kier molecular flexibility index (Phi) is 8.51. The summed E-state index contributed by atoms with van der Waals surface area (Å²) < 4.78 is 5.03. The van der Waals surface area contributed by atoms with Crippen LogP contribution in [0, 0.1) is 5.92 Å². The van der Waals surface area contributed by atoms with E-state index in [4.69, 9.17) is 15.6 Å². The standard InChI is InChI=1S/C9H20N2O3/c1-8(7-10)9(13)11-3-2-5-14-6-4-12/h8,12H,2-7,10H2,1H3,(H,11,13). The second kappa shape index (κ2) is 8.93. The molecule has 0 saturated carbocycles. The van der Waals surface area contributed by atoms with E-state index in [1.807, 2.05) is 0 Å². The molecule has 4 N–H and O–H groups in total. The third-order valence-corrected chi connectivity index (χ3v) is 1.80. The minimum Gasteiger partial charge on any atom is -0.394 e. The summed E-state index contributed by atoms with van der Waals surface area (Å²) >= 11 is 0. The first-order valence-electron chi connectivity index (χ1n) is 4.88. The van der Waals surface area contributed by atoms with Crippen molar-refractivity contribution in [2.24, 2.45) is 11.7 Å². The lowest BCUT2D eigenvalue weighted by Crippen LogP contribution is -2.34. The Morgan fingerprint density at radius 3 is 2.86 bits per heavy atom. The predicted octanol–water partition coefficient (Wildman–Crippen LogP) is -0.904. The van der Waals surface area contributed by atoms with Gasteiger partial charge in [0.05, 0.1) is 13.2 Å². The van der Waals surface area contributed by atoms with Gasteiger partial charge in [0, 0.05) is 25.6 Å². The third-order valence-electron chi connectivity index (χ3n) is 1.80. The number of carbonyl (C=O) groups is 1. The maximum absolute atomic E-state index is 11.2. The Morgan fingerprint density at radius 2 is 2.29 bits per heavy atom. The highest BCUT2D eigenvalue weighted by molar-refractivity contribution is 5.78. The van der Waals surface area contributed by atoms with Crippen LogP contribution in [0.25, 0.3) is 0 Å². The fourth-order valence-electron chi connectivity index (χ4n) is 0.834. The van der Waals surface area contributed by atoms with Crippen LogP contribution >= 0.6 is 0 Å². The van der Waals surface area contributed by atoms with E-state index in [2.05, 4.69) is 5.32 Å². The number of rotatable bonds is 8. The number of ether oxygens (including phenoxy) is 1. The highest BCUT2D eigenvalue weighted by Gasteiger charge is 2.08. The molecule has 0 saturated heterocycles. The van der Waals surface area contributed by atoms with Gasteiger partial charge < -0.3 is 20.9 Å². The molecule has 1 unspecified atom stereocenters. The molecule has 0 aliphatic heterocycles. The minimum absolute atomic E-state index is 0.0188. The molecular weight excluding hydrogens is 184 g/mol. The first-order chi connectivity index (χ1) is 6.72. The van der Waals surface area contributed by atoms with Gasteiger partial charge in [0.1, 0.15) is 0 Å². The average Bonchev–Trinajstić information content (AvgIpc) is 2.21. The van der Waals surface area contributed by atoms with Crippen molar-refractivity contribution in [3.8, 4) is 0 Å². The van der Waals surface area contributed by atoms with E-state index in [9.17, 15) is 4.79 Å². The quantitative estimate of drug-likeness (QED) is 0.447. The largest absolute Gasteiger partial charge is 0.394 e. The Balaban J connectivity index is 3.23. The number of carbonyl (C=O) groups excluding carboxylic acids is 1. The fourth-order valence-corrected chi connectivity index (χ4v) is 0.834. The molecule has 0 aromatic rings. The van der Waals surface area contributed by atoms with Crippen molar-refractivity contribution >= 4 is 5.91 Å². The number of nitrogens with two attached hydrogens (primary N) is 1. The lowest BCUT2D eigenvalue weighted by Gasteiger charge is -2.09. The smallest absolute Gasteiger partial charge is 0.224 e. The summed E-state index contributed by atoms with van der Waals surface area (Å²) in [7, 11) is 0. The Bertz CT molecular complexity index is 153. The van der Waals surface area contributed by atoms with Gasteiger partial charge in [-0.25, -0.2) is 0 Å². The lowest BCUT2D eigenvalue weighted by molar-refractivity contribution is -0.124. The van der Waals surface area contributed by atoms with Crippen LogP contribution in [-0.4, -0.2) is 43.9 Å². The Morgan fingerprint density at radius 1 is 1.57 bits per heavy atom. The third kappa shape index (κ3) is 6.82. The fraction of sp³-hybridized carbons (Fsp3) is 0.889. The van der Waals surface area contributed by atoms with Crippen LogP contribution in [0.3, 0.4) is 0 Å². The second-order valence-electron chi connectivity index (χ2n) is 3.12. The molecule has 0 aliphatic carbocycles. The van der Waals surface area contributed by atoms with Crippen molar-refractivity contribution < 1.29 is 14.6 Å². The normalized spacial score (nSPS) is 12.5. The summed E-state index contributed by atoms with van der Waals surface area (Å²) in [4.78, 5) is 11.2. The number of amides is 1. The molecule has 1 amide bonds. The summed E-state index contributed by atoms with van der Waals surface area (Å²) in [6.45, 7) is 3.70. The van der Waals surface area contributed by atoms with Gasteiger partial charge in [-0.05, 0) is 6.42 Å². The van der Waals surface area contributed by atoms with Crippen LogP contribution in [-0.2, 0) is 9.53 Å². The topological polar surface area (TPSA) is 84.6 Å². The van der Waals surface area contributed by atoms with E-state index in [0.29, 0.717) is 26.3 Å². The zero-order valence-corrected chi connectivity index (χ0v) is 8.66. The monoisotopic (exact) mass is 204 g/mol. The van der Waals surface area contributed by atoms with Crippen LogP contribution < -0.4 is 11.1 Å². The van der Waals surface area contributed by atoms with Gasteiger partial charge in [-0.1, -0.05) is 6.92 Å². The Labute approximate surface area is 84.6 Å². The van der Waals surface area contributed by atoms with Gasteiger partial charge in [-0.15, -0.1) is 0 Å². The number of aliphatic hydroxyl groups excluding tert-OH is 1. The molecule has 84 valence electrons. The van der Waals surface area contributed by atoms with Crippen molar-refractivity contribution in [3.05, 3.63) is 0 Å². The van der Waals surface area contributed by atoms with Crippen molar-refractivity contribution in [2.75, 3.05) is 32.9 Å². The van der Waals surface area contributed by atoms with Crippen LogP contribution in [0.1, 0.15) is 13.3 Å². The van der Waals surface area contributed by atoms with Gasteiger partial charge in [-0.2, -0.15) is 0 Å². The average molecular weight is 204 g/mol. The highest BCUT2D eigenvalue weighted by atomic mass is 16.5. The van der Waals surface area contributed by atoms with Gasteiger partial charge >= 0.3 is 0 Å². The summed E-state index contributed by atoms with van der Waals surface area (Å²) in [6.07, 6.45) is 0.753. The summed E-state index contributed by atoms with van der Waals surface area (Å²) in [5, 5.41) is 11.2.